The summed E-state index contributed by atoms with van der Waals surface area (Å²) >= 11 is 3.31. The van der Waals surface area contributed by atoms with E-state index in [0.29, 0.717) is 16.6 Å². The summed E-state index contributed by atoms with van der Waals surface area (Å²) in [7, 11) is 0. The normalized spacial score (nSPS) is 10.5. The molecule has 1 amide bonds. The minimum absolute atomic E-state index is 0.241. The lowest BCUT2D eigenvalue weighted by Gasteiger charge is -1.99. The summed E-state index contributed by atoms with van der Waals surface area (Å²) in [5.41, 5.74) is 1.01. The molecule has 2 rings (SSSR count). The van der Waals surface area contributed by atoms with Crippen LogP contribution in [0.2, 0.25) is 0 Å². The molecule has 0 aliphatic rings. The first kappa shape index (κ1) is 11.7. The third-order valence-corrected chi connectivity index (χ3v) is 2.78. The zero-order valence-electron chi connectivity index (χ0n) is 8.90. The number of hydrogen-bond donors (Lipinski definition) is 2. The van der Waals surface area contributed by atoms with Gasteiger partial charge in [0.2, 0.25) is 5.91 Å². The minimum Gasteiger partial charge on any atom is -0.464 e. The van der Waals surface area contributed by atoms with Gasteiger partial charge in [0, 0.05) is 23.0 Å². The van der Waals surface area contributed by atoms with E-state index in [4.69, 9.17) is 5.11 Å². The van der Waals surface area contributed by atoms with Gasteiger partial charge in [0.05, 0.1) is 11.2 Å². The number of benzene rings is 1. The molecule has 0 aliphatic heterocycles. The maximum Gasteiger partial charge on any atom is 0.416 e. The fourth-order valence-electron chi connectivity index (χ4n) is 1.65. The molecule has 0 fully saturated rings. The second-order valence-corrected chi connectivity index (χ2v) is 4.45. The number of rotatable bonds is 1. The molecule has 0 bridgehead atoms. The second-order valence-electron chi connectivity index (χ2n) is 3.54. The summed E-state index contributed by atoms with van der Waals surface area (Å²) < 4.78 is 1.90. The topological polar surface area (TPSA) is 71.3 Å². The Morgan fingerprint density at radius 2 is 2.12 bits per heavy atom. The average molecular weight is 297 g/mol. The zero-order chi connectivity index (χ0) is 12.6. The van der Waals surface area contributed by atoms with Gasteiger partial charge >= 0.3 is 6.09 Å². The Morgan fingerprint density at radius 1 is 1.41 bits per heavy atom. The molecule has 0 aliphatic carbocycles. The Morgan fingerprint density at radius 3 is 2.71 bits per heavy atom. The number of aromatic nitrogens is 1. The summed E-state index contributed by atoms with van der Waals surface area (Å²) in [6.45, 7) is 1.38. The van der Waals surface area contributed by atoms with Crippen molar-refractivity contribution >= 4 is 44.5 Å². The van der Waals surface area contributed by atoms with E-state index in [2.05, 4.69) is 21.2 Å². The number of hydrogen-bond acceptors (Lipinski definition) is 2. The van der Waals surface area contributed by atoms with Crippen molar-refractivity contribution < 1.29 is 14.7 Å². The molecule has 0 spiro atoms. The van der Waals surface area contributed by atoms with E-state index >= 15 is 0 Å². The van der Waals surface area contributed by atoms with E-state index in [0.717, 1.165) is 9.04 Å². The fraction of sp³-hybridized carbons (Fsp3) is 0.0909. The Kier molecular flexibility index (Phi) is 2.89. The summed E-state index contributed by atoms with van der Waals surface area (Å²) in [4.78, 5) is 22.1. The number of amides is 1. The zero-order valence-corrected chi connectivity index (χ0v) is 10.5. The molecule has 0 saturated heterocycles. The number of carbonyl (C=O) groups is 2. The highest BCUT2D eigenvalue weighted by Crippen LogP contribution is 2.28. The van der Waals surface area contributed by atoms with Crippen molar-refractivity contribution in [2.75, 3.05) is 5.32 Å². The number of halogens is 1. The SMILES string of the molecule is CC(=O)Nc1cn(C(=O)O)c2ccc(Br)cc12. The van der Waals surface area contributed by atoms with Gasteiger partial charge < -0.3 is 10.4 Å². The number of carbonyl (C=O) groups excluding carboxylic acids is 1. The molecule has 6 heteroatoms. The molecule has 0 atom stereocenters. The number of fused-ring (bicyclic) bond motifs is 1. The van der Waals surface area contributed by atoms with Gasteiger partial charge in [-0.15, -0.1) is 0 Å². The molecule has 0 saturated carbocycles. The van der Waals surface area contributed by atoms with Gasteiger partial charge in [0.1, 0.15) is 0 Å². The Labute approximate surface area is 105 Å². The molecule has 88 valence electrons. The summed E-state index contributed by atoms with van der Waals surface area (Å²) in [6.07, 6.45) is 0.301. The van der Waals surface area contributed by atoms with Crippen LogP contribution in [0.25, 0.3) is 10.9 Å². The van der Waals surface area contributed by atoms with Gasteiger partial charge in [-0.05, 0) is 18.2 Å². The van der Waals surface area contributed by atoms with Gasteiger partial charge in [0.25, 0.3) is 0 Å². The first-order valence-electron chi connectivity index (χ1n) is 4.80. The Balaban J connectivity index is 2.70. The van der Waals surface area contributed by atoms with Gasteiger partial charge in [-0.2, -0.15) is 0 Å². The highest BCUT2D eigenvalue weighted by Gasteiger charge is 2.13. The molecule has 0 radical (unpaired) electrons. The van der Waals surface area contributed by atoms with Crippen LogP contribution >= 0.6 is 15.9 Å². The molecule has 0 unspecified atom stereocenters. The van der Waals surface area contributed by atoms with Gasteiger partial charge in [-0.1, -0.05) is 15.9 Å². The van der Waals surface area contributed by atoms with Crippen molar-refractivity contribution in [3.8, 4) is 0 Å². The van der Waals surface area contributed by atoms with Crippen LogP contribution in [0.3, 0.4) is 0 Å². The monoisotopic (exact) mass is 296 g/mol. The number of carboxylic acid groups (broad SMARTS) is 1. The van der Waals surface area contributed by atoms with E-state index < -0.39 is 6.09 Å². The van der Waals surface area contributed by atoms with Gasteiger partial charge in [-0.3, -0.25) is 9.36 Å². The van der Waals surface area contributed by atoms with Crippen molar-refractivity contribution in [2.45, 2.75) is 6.92 Å². The number of anilines is 1. The third-order valence-electron chi connectivity index (χ3n) is 2.28. The molecular weight excluding hydrogens is 288 g/mol. The van der Waals surface area contributed by atoms with E-state index in [1.54, 1.807) is 18.2 Å². The maximum absolute atomic E-state index is 11.0. The van der Waals surface area contributed by atoms with Gasteiger partial charge in [0.15, 0.2) is 0 Å². The molecular formula is C11H9BrN2O3. The van der Waals surface area contributed by atoms with Crippen LogP contribution in [-0.4, -0.2) is 21.7 Å². The van der Waals surface area contributed by atoms with Crippen LogP contribution in [0.5, 0.6) is 0 Å². The molecule has 17 heavy (non-hydrogen) atoms. The third kappa shape index (κ3) is 2.16. The lowest BCUT2D eigenvalue weighted by molar-refractivity contribution is -0.114. The predicted molar refractivity (Wildman–Crippen MR) is 67.4 cm³/mol. The molecule has 2 N–H and O–H groups in total. The van der Waals surface area contributed by atoms with Crippen LogP contribution in [0.1, 0.15) is 6.92 Å². The van der Waals surface area contributed by atoms with Gasteiger partial charge in [-0.25, -0.2) is 4.79 Å². The fourth-order valence-corrected chi connectivity index (χ4v) is 2.01. The van der Waals surface area contributed by atoms with Crippen molar-refractivity contribution in [3.63, 3.8) is 0 Å². The number of nitrogens with one attached hydrogen (secondary N) is 1. The Bertz CT molecular complexity index is 618. The van der Waals surface area contributed by atoms with Crippen LogP contribution < -0.4 is 5.32 Å². The van der Waals surface area contributed by atoms with E-state index in [1.165, 1.54) is 13.1 Å². The van der Waals surface area contributed by atoms with Crippen molar-refractivity contribution in [1.29, 1.82) is 0 Å². The predicted octanol–water partition coefficient (Wildman–Crippen LogP) is 2.89. The van der Waals surface area contributed by atoms with E-state index in [9.17, 15) is 9.59 Å². The largest absolute Gasteiger partial charge is 0.464 e. The first-order chi connectivity index (χ1) is 7.99. The smallest absolute Gasteiger partial charge is 0.416 e. The second kappa shape index (κ2) is 4.21. The lowest BCUT2D eigenvalue weighted by atomic mass is 10.2. The van der Waals surface area contributed by atoms with E-state index in [1.807, 2.05) is 0 Å². The molecule has 1 aromatic heterocycles. The highest BCUT2D eigenvalue weighted by atomic mass is 79.9. The average Bonchev–Trinajstić information content (AvgIpc) is 2.56. The van der Waals surface area contributed by atoms with Crippen LogP contribution in [-0.2, 0) is 4.79 Å². The minimum atomic E-state index is -1.09. The van der Waals surface area contributed by atoms with Crippen molar-refractivity contribution in [1.82, 2.24) is 4.57 Å². The summed E-state index contributed by atoms with van der Waals surface area (Å²) in [5, 5.41) is 12.3. The molecule has 5 nitrogen and oxygen atoms in total. The highest BCUT2D eigenvalue weighted by molar-refractivity contribution is 9.10. The first-order valence-corrected chi connectivity index (χ1v) is 5.60. The quantitative estimate of drug-likeness (QED) is 0.850. The summed E-state index contributed by atoms with van der Waals surface area (Å²) in [6, 6.07) is 5.19. The summed E-state index contributed by atoms with van der Waals surface area (Å²) in [5.74, 6) is -0.241. The van der Waals surface area contributed by atoms with Crippen LogP contribution in [0, 0.1) is 0 Å². The molecule has 2 aromatic rings. The van der Waals surface area contributed by atoms with Crippen molar-refractivity contribution in [2.24, 2.45) is 0 Å². The Hall–Kier alpha value is -1.82. The maximum atomic E-state index is 11.0. The van der Waals surface area contributed by atoms with Crippen molar-refractivity contribution in [3.05, 3.63) is 28.9 Å². The molecule has 1 aromatic carbocycles. The van der Waals surface area contributed by atoms with Crippen LogP contribution in [0.4, 0.5) is 10.5 Å². The van der Waals surface area contributed by atoms with E-state index in [-0.39, 0.29) is 5.91 Å². The lowest BCUT2D eigenvalue weighted by Crippen LogP contribution is -2.07. The standard InChI is InChI=1S/C11H9BrN2O3/c1-6(15)13-9-5-14(11(16)17)10-3-2-7(12)4-8(9)10/h2-5H,1H3,(H,13,15)(H,16,17). The number of nitrogens with zero attached hydrogens (tertiary/aromatic N) is 1. The van der Waals surface area contributed by atoms with Crippen LogP contribution in [0.15, 0.2) is 28.9 Å². The molecule has 1 heterocycles.